The van der Waals surface area contributed by atoms with Crippen LogP contribution in [0, 0.1) is 13.8 Å². The molecular formula is C22H28N2O2. The number of ether oxygens (including phenoxy) is 1. The van der Waals surface area contributed by atoms with Gasteiger partial charge in [-0.2, -0.15) is 0 Å². The molecule has 0 aromatic heterocycles. The number of rotatable bonds is 5. The molecule has 0 spiro atoms. The highest BCUT2D eigenvalue weighted by molar-refractivity contribution is 5.79. The van der Waals surface area contributed by atoms with E-state index in [0.717, 1.165) is 49.3 Å². The van der Waals surface area contributed by atoms with E-state index in [1.807, 2.05) is 25.1 Å². The van der Waals surface area contributed by atoms with Crippen LogP contribution in [0.3, 0.4) is 0 Å². The minimum absolute atomic E-state index is 0.392. The van der Waals surface area contributed by atoms with Crippen molar-refractivity contribution in [1.29, 1.82) is 0 Å². The van der Waals surface area contributed by atoms with Crippen molar-refractivity contribution in [2.75, 3.05) is 38.2 Å². The van der Waals surface area contributed by atoms with Crippen LogP contribution in [0.25, 0.3) is 0 Å². The summed E-state index contributed by atoms with van der Waals surface area (Å²) >= 11 is 0. The number of piperazine rings is 1. The van der Waals surface area contributed by atoms with Crippen LogP contribution in [0.5, 0.6) is 5.75 Å². The van der Waals surface area contributed by atoms with E-state index in [9.17, 15) is 4.79 Å². The van der Waals surface area contributed by atoms with Crippen LogP contribution < -0.4 is 9.64 Å². The SMILES string of the molecule is COc1ccc([C@H](C)N2CCN(c3cc(C)c(C=O)cc3C)CC2)cc1. The van der Waals surface area contributed by atoms with Crippen molar-refractivity contribution in [2.45, 2.75) is 26.8 Å². The number of hydrogen-bond donors (Lipinski definition) is 0. The minimum Gasteiger partial charge on any atom is -0.497 e. The summed E-state index contributed by atoms with van der Waals surface area (Å²) in [5.74, 6) is 0.899. The van der Waals surface area contributed by atoms with Gasteiger partial charge in [0.25, 0.3) is 0 Å². The summed E-state index contributed by atoms with van der Waals surface area (Å²) in [6.45, 7) is 10.4. The lowest BCUT2D eigenvalue weighted by Gasteiger charge is -2.40. The van der Waals surface area contributed by atoms with Gasteiger partial charge in [-0.1, -0.05) is 12.1 Å². The molecule has 1 fully saturated rings. The Morgan fingerprint density at radius 2 is 1.65 bits per heavy atom. The maximum Gasteiger partial charge on any atom is 0.150 e. The molecule has 1 saturated heterocycles. The Hall–Kier alpha value is -2.33. The molecule has 0 amide bonds. The summed E-state index contributed by atoms with van der Waals surface area (Å²) in [6.07, 6.45) is 0.945. The maximum atomic E-state index is 11.1. The fraction of sp³-hybridized carbons (Fsp3) is 0.409. The predicted octanol–water partition coefficient (Wildman–Crippen LogP) is 4.01. The number of hydrogen-bond acceptors (Lipinski definition) is 4. The van der Waals surface area contributed by atoms with Gasteiger partial charge >= 0.3 is 0 Å². The Bertz CT molecular complexity index is 762. The molecule has 0 saturated carbocycles. The van der Waals surface area contributed by atoms with Gasteiger partial charge in [-0.15, -0.1) is 0 Å². The van der Waals surface area contributed by atoms with E-state index < -0.39 is 0 Å². The average Bonchev–Trinajstić information content (AvgIpc) is 2.69. The summed E-state index contributed by atoms with van der Waals surface area (Å²) in [4.78, 5) is 16.1. The summed E-state index contributed by atoms with van der Waals surface area (Å²) in [5.41, 5.74) is 5.59. The summed E-state index contributed by atoms with van der Waals surface area (Å²) < 4.78 is 5.25. The van der Waals surface area contributed by atoms with Gasteiger partial charge in [-0.05, 0) is 61.7 Å². The number of carbonyl (C=O) groups excluding carboxylic acids is 1. The summed E-state index contributed by atoms with van der Waals surface area (Å²) in [7, 11) is 1.70. The lowest BCUT2D eigenvalue weighted by atomic mass is 10.0. The molecular weight excluding hydrogens is 324 g/mol. The third kappa shape index (κ3) is 3.75. The second kappa shape index (κ2) is 7.92. The van der Waals surface area contributed by atoms with Gasteiger partial charge in [-0.25, -0.2) is 0 Å². The van der Waals surface area contributed by atoms with E-state index >= 15 is 0 Å². The van der Waals surface area contributed by atoms with Gasteiger partial charge in [0.05, 0.1) is 7.11 Å². The molecule has 1 aliphatic rings. The van der Waals surface area contributed by atoms with Gasteiger partial charge in [0.1, 0.15) is 12.0 Å². The first kappa shape index (κ1) is 18.5. The fourth-order valence-corrected chi connectivity index (χ4v) is 3.73. The lowest BCUT2D eigenvalue weighted by Crippen LogP contribution is -2.47. The Balaban J connectivity index is 1.67. The molecule has 4 nitrogen and oxygen atoms in total. The van der Waals surface area contributed by atoms with E-state index in [1.165, 1.54) is 16.8 Å². The van der Waals surface area contributed by atoms with E-state index in [-0.39, 0.29) is 0 Å². The van der Waals surface area contributed by atoms with Crippen LogP contribution in [0.4, 0.5) is 5.69 Å². The Morgan fingerprint density at radius 3 is 2.23 bits per heavy atom. The van der Waals surface area contributed by atoms with Crippen molar-refractivity contribution in [3.05, 3.63) is 58.7 Å². The molecule has 138 valence electrons. The standard InChI is InChI=1S/C22H28N2O2/c1-16-14-22(17(2)13-20(16)15-25)24-11-9-23(10-12-24)18(3)19-5-7-21(26-4)8-6-19/h5-8,13-15,18H,9-12H2,1-4H3/t18-/m0/s1. The van der Waals surface area contributed by atoms with Crippen molar-refractivity contribution in [1.82, 2.24) is 4.90 Å². The molecule has 0 N–H and O–H groups in total. The highest BCUT2D eigenvalue weighted by atomic mass is 16.5. The van der Waals surface area contributed by atoms with Crippen LogP contribution >= 0.6 is 0 Å². The van der Waals surface area contributed by atoms with Gasteiger partial charge in [0, 0.05) is 43.5 Å². The number of methoxy groups -OCH3 is 1. The van der Waals surface area contributed by atoms with Gasteiger partial charge in [0.15, 0.2) is 0 Å². The topological polar surface area (TPSA) is 32.8 Å². The number of aryl methyl sites for hydroxylation is 2. The normalized spacial score (nSPS) is 16.4. The quantitative estimate of drug-likeness (QED) is 0.761. The largest absolute Gasteiger partial charge is 0.497 e. The summed E-state index contributed by atoms with van der Waals surface area (Å²) in [5, 5.41) is 0. The number of carbonyl (C=O) groups is 1. The van der Waals surface area contributed by atoms with E-state index in [4.69, 9.17) is 4.74 Å². The first-order valence-electron chi connectivity index (χ1n) is 9.23. The molecule has 0 radical (unpaired) electrons. The third-order valence-electron chi connectivity index (χ3n) is 5.51. The van der Waals surface area contributed by atoms with Crippen molar-refractivity contribution in [3.8, 4) is 5.75 Å². The van der Waals surface area contributed by atoms with Crippen molar-refractivity contribution >= 4 is 12.0 Å². The average molecular weight is 352 g/mol. The Labute approximate surface area is 156 Å². The number of anilines is 1. The first-order valence-corrected chi connectivity index (χ1v) is 9.23. The number of nitrogens with zero attached hydrogens (tertiary/aromatic N) is 2. The molecule has 0 bridgehead atoms. The van der Waals surface area contributed by atoms with Gasteiger partial charge in [-0.3, -0.25) is 9.69 Å². The fourth-order valence-electron chi connectivity index (χ4n) is 3.73. The van der Waals surface area contributed by atoms with Crippen LogP contribution in [-0.2, 0) is 0 Å². The zero-order chi connectivity index (χ0) is 18.7. The van der Waals surface area contributed by atoms with Crippen LogP contribution in [0.2, 0.25) is 0 Å². The van der Waals surface area contributed by atoms with Gasteiger partial charge in [0.2, 0.25) is 0 Å². The van der Waals surface area contributed by atoms with Crippen molar-refractivity contribution in [3.63, 3.8) is 0 Å². The molecule has 1 heterocycles. The molecule has 0 aliphatic carbocycles. The van der Waals surface area contributed by atoms with Crippen LogP contribution in [-0.4, -0.2) is 44.5 Å². The van der Waals surface area contributed by atoms with E-state index in [1.54, 1.807) is 7.11 Å². The monoisotopic (exact) mass is 352 g/mol. The molecule has 1 atom stereocenters. The summed E-state index contributed by atoms with van der Waals surface area (Å²) in [6, 6.07) is 12.9. The van der Waals surface area contributed by atoms with E-state index in [0.29, 0.717) is 6.04 Å². The predicted molar refractivity (Wildman–Crippen MR) is 106 cm³/mol. The molecule has 2 aromatic rings. The van der Waals surface area contributed by atoms with Crippen LogP contribution in [0.15, 0.2) is 36.4 Å². The molecule has 2 aromatic carbocycles. The van der Waals surface area contributed by atoms with E-state index in [2.05, 4.69) is 41.8 Å². The molecule has 26 heavy (non-hydrogen) atoms. The lowest BCUT2D eigenvalue weighted by molar-refractivity contribution is 0.112. The van der Waals surface area contributed by atoms with Crippen LogP contribution in [0.1, 0.15) is 40.0 Å². The third-order valence-corrected chi connectivity index (χ3v) is 5.51. The highest BCUT2D eigenvalue weighted by Gasteiger charge is 2.23. The second-order valence-electron chi connectivity index (χ2n) is 7.09. The molecule has 0 unspecified atom stereocenters. The minimum atomic E-state index is 0.392. The molecule has 3 rings (SSSR count). The number of aldehydes is 1. The molecule has 1 aliphatic heterocycles. The Kier molecular flexibility index (Phi) is 5.62. The van der Waals surface area contributed by atoms with Gasteiger partial charge < -0.3 is 9.64 Å². The first-order chi connectivity index (χ1) is 12.5. The Morgan fingerprint density at radius 1 is 1.00 bits per heavy atom. The molecule has 4 heteroatoms. The smallest absolute Gasteiger partial charge is 0.150 e. The zero-order valence-corrected chi connectivity index (χ0v) is 16.2. The van der Waals surface area contributed by atoms with Crippen molar-refractivity contribution < 1.29 is 9.53 Å². The number of benzene rings is 2. The zero-order valence-electron chi connectivity index (χ0n) is 16.2. The second-order valence-corrected chi connectivity index (χ2v) is 7.09. The van der Waals surface area contributed by atoms with Crippen molar-refractivity contribution in [2.24, 2.45) is 0 Å². The highest BCUT2D eigenvalue weighted by Crippen LogP contribution is 2.28. The maximum absolute atomic E-state index is 11.1.